The third-order valence-corrected chi connectivity index (χ3v) is 5.91. The highest BCUT2D eigenvalue weighted by atomic mass is 35.5. The van der Waals surface area contributed by atoms with Crippen molar-refractivity contribution < 1.29 is 32.3 Å². The number of ketones is 1. The average Bonchev–Trinajstić information content (AvgIpc) is 3.23. The van der Waals surface area contributed by atoms with Gasteiger partial charge in [-0.1, -0.05) is 53.5 Å². The minimum Gasteiger partial charge on any atom is -0.457 e. The first-order chi connectivity index (χ1) is 16.0. The van der Waals surface area contributed by atoms with Gasteiger partial charge in [0.25, 0.3) is 5.72 Å². The van der Waals surface area contributed by atoms with Crippen molar-refractivity contribution in [1.82, 2.24) is 10.6 Å². The number of hydrogen-bond acceptors (Lipinski definition) is 4. The molecule has 1 aliphatic rings. The van der Waals surface area contributed by atoms with E-state index in [4.69, 9.17) is 27.6 Å². The lowest BCUT2D eigenvalue weighted by molar-refractivity contribution is -0.279. The fourth-order valence-corrected chi connectivity index (χ4v) is 3.85. The second-order valence-electron chi connectivity index (χ2n) is 7.44. The van der Waals surface area contributed by atoms with Gasteiger partial charge in [-0.15, -0.1) is 0 Å². The number of rotatable bonds is 4. The summed E-state index contributed by atoms with van der Waals surface area (Å²) in [7, 11) is 0. The molecular weight excluding hydrogens is 496 g/mol. The van der Waals surface area contributed by atoms with Crippen molar-refractivity contribution in [3.63, 3.8) is 0 Å². The van der Waals surface area contributed by atoms with Gasteiger partial charge in [0.05, 0.1) is 10.0 Å². The van der Waals surface area contributed by atoms with Gasteiger partial charge in [-0.25, -0.2) is 4.79 Å². The summed E-state index contributed by atoms with van der Waals surface area (Å²) in [6.07, 6.45) is -4.31. The highest BCUT2D eigenvalue weighted by molar-refractivity contribution is 6.42. The SMILES string of the molecule is O=C1N/C(=C\c2ccc(-c3ccc(Cl)c(Cl)c3)o2)[C@H](C(=O)c2ccccc2)[C@](O)(C(F)(F)F)N1. The van der Waals surface area contributed by atoms with Gasteiger partial charge in [-0.05, 0) is 30.3 Å². The van der Waals surface area contributed by atoms with E-state index in [1.165, 1.54) is 47.8 Å². The number of Topliss-reactive ketones (excluding diaryl/α,β-unsaturated/α-hetero) is 1. The largest absolute Gasteiger partial charge is 0.457 e. The quantitative estimate of drug-likeness (QED) is 0.395. The fraction of sp³-hybridized carbons (Fsp3) is 0.130. The Labute approximate surface area is 201 Å². The molecular formula is C23H15Cl2F3N2O4. The molecule has 0 saturated carbocycles. The lowest BCUT2D eigenvalue weighted by Crippen LogP contribution is -2.71. The van der Waals surface area contributed by atoms with Crippen molar-refractivity contribution in [3.8, 4) is 11.3 Å². The number of hydrogen-bond donors (Lipinski definition) is 3. The zero-order chi connectivity index (χ0) is 24.7. The summed E-state index contributed by atoms with van der Waals surface area (Å²) in [6, 6.07) is 13.5. The number of urea groups is 1. The molecule has 0 aliphatic carbocycles. The van der Waals surface area contributed by atoms with Crippen LogP contribution in [0.4, 0.5) is 18.0 Å². The maximum atomic E-state index is 13.9. The van der Waals surface area contributed by atoms with Crippen LogP contribution in [0.25, 0.3) is 17.4 Å². The van der Waals surface area contributed by atoms with E-state index < -0.39 is 35.3 Å². The number of carbonyl (C=O) groups is 2. The molecule has 2 atom stereocenters. The number of nitrogens with one attached hydrogen (secondary N) is 2. The van der Waals surface area contributed by atoms with Gasteiger partial charge in [0.1, 0.15) is 17.4 Å². The zero-order valence-electron chi connectivity index (χ0n) is 17.0. The van der Waals surface area contributed by atoms with Crippen LogP contribution in [0.1, 0.15) is 16.1 Å². The molecule has 3 aromatic rings. The van der Waals surface area contributed by atoms with Gasteiger partial charge in [-0.2, -0.15) is 13.2 Å². The van der Waals surface area contributed by atoms with E-state index in [1.54, 1.807) is 18.2 Å². The molecule has 34 heavy (non-hydrogen) atoms. The van der Waals surface area contributed by atoms with Gasteiger partial charge in [-0.3, -0.25) is 4.79 Å². The Morgan fingerprint density at radius 3 is 2.41 bits per heavy atom. The Morgan fingerprint density at radius 1 is 1.06 bits per heavy atom. The summed E-state index contributed by atoms with van der Waals surface area (Å²) in [5, 5.41) is 14.8. The maximum absolute atomic E-state index is 13.9. The lowest BCUT2D eigenvalue weighted by Gasteiger charge is -2.41. The van der Waals surface area contributed by atoms with Crippen LogP contribution in [0.15, 0.2) is 70.8 Å². The van der Waals surface area contributed by atoms with Crippen LogP contribution < -0.4 is 10.6 Å². The van der Waals surface area contributed by atoms with Crippen LogP contribution >= 0.6 is 23.2 Å². The van der Waals surface area contributed by atoms with Crippen LogP contribution in [-0.2, 0) is 0 Å². The van der Waals surface area contributed by atoms with Crippen molar-refractivity contribution in [3.05, 3.63) is 87.7 Å². The first kappa shape index (κ1) is 23.9. The van der Waals surface area contributed by atoms with E-state index in [9.17, 15) is 27.9 Å². The molecule has 1 aromatic heterocycles. The lowest BCUT2D eigenvalue weighted by atomic mass is 9.82. The Bertz CT molecular complexity index is 1290. The van der Waals surface area contributed by atoms with Gasteiger partial charge in [0.2, 0.25) is 0 Å². The van der Waals surface area contributed by atoms with Crippen molar-refractivity contribution in [2.24, 2.45) is 5.92 Å². The summed E-state index contributed by atoms with van der Waals surface area (Å²) in [4.78, 5) is 25.2. The molecule has 11 heteroatoms. The molecule has 3 N–H and O–H groups in total. The monoisotopic (exact) mass is 510 g/mol. The highest BCUT2D eigenvalue weighted by Gasteiger charge is 2.65. The Morgan fingerprint density at radius 2 is 1.76 bits per heavy atom. The van der Waals surface area contributed by atoms with Gasteiger partial charge in [0, 0.05) is 22.9 Å². The number of aliphatic hydroxyl groups is 1. The van der Waals surface area contributed by atoms with Crippen molar-refractivity contribution in [2.45, 2.75) is 11.9 Å². The van der Waals surface area contributed by atoms with Crippen molar-refractivity contribution >= 4 is 41.1 Å². The smallest absolute Gasteiger partial charge is 0.437 e. The molecule has 1 fully saturated rings. The molecule has 6 nitrogen and oxygen atoms in total. The minimum atomic E-state index is -5.37. The Balaban J connectivity index is 1.79. The number of alkyl halides is 3. The Kier molecular flexibility index (Phi) is 6.20. The number of halogens is 5. The second kappa shape index (κ2) is 8.83. The molecule has 2 heterocycles. The molecule has 1 aliphatic heterocycles. The van der Waals surface area contributed by atoms with Gasteiger partial charge >= 0.3 is 12.2 Å². The van der Waals surface area contributed by atoms with Crippen LogP contribution in [0.3, 0.4) is 0 Å². The van der Waals surface area contributed by atoms with Crippen LogP contribution in [-0.4, -0.2) is 28.8 Å². The minimum absolute atomic E-state index is 0.0219. The van der Waals surface area contributed by atoms with E-state index in [2.05, 4.69) is 5.32 Å². The molecule has 0 radical (unpaired) electrons. The molecule has 4 rings (SSSR count). The standard InChI is InChI=1S/C23H15Cl2F3N2O4/c24-15-8-6-13(10-16(15)25)18-9-7-14(34-18)11-17-19(20(31)12-4-2-1-3-5-12)22(33,23(26,27)28)30-21(32)29-17/h1-11,19,33H,(H2,29,30,32)/b17-11-/t19-,22+/m1/s1. The molecule has 0 unspecified atom stereocenters. The molecule has 1 saturated heterocycles. The first-order valence-electron chi connectivity index (χ1n) is 9.74. The van der Waals surface area contributed by atoms with E-state index in [0.29, 0.717) is 16.3 Å². The van der Waals surface area contributed by atoms with Crippen LogP contribution in [0.5, 0.6) is 0 Å². The summed E-state index contributed by atoms with van der Waals surface area (Å²) in [5.74, 6) is -2.96. The topological polar surface area (TPSA) is 91.6 Å². The number of carbonyl (C=O) groups excluding carboxylic acids is 2. The predicted octanol–water partition coefficient (Wildman–Crippen LogP) is 5.66. The Hall–Kier alpha value is -3.27. The number of benzene rings is 2. The third kappa shape index (κ3) is 4.42. The van der Waals surface area contributed by atoms with Crippen molar-refractivity contribution in [2.75, 3.05) is 0 Å². The second-order valence-corrected chi connectivity index (χ2v) is 8.25. The maximum Gasteiger partial charge on any atom is 0.437 e. The molecule has 2 amide bonds. The number of furan rings is 1. The average molecular weight is 511 g/mol. The fourth-order valence-electron chi connectivity index (χ4n) is 3.55. The van der Waals surface area contributed by atoms with E-state index in [0.717, 1.165) is 6.08 Å². The van der Waals surface area contributed by atoms with E-state index >= 15 is 0 Å². The van der Waals surface area contributed by atoms with Crippen molar-refractivity contribution in [1.29, 1.82) is 0 Å². The molecule has 0 bridgehead atoms. The van der Waals surface area contributed by atoms with Gasteiger partial charge in [0.15, 0.2) is 5.78 Å². The normalized spacial score (nSPS) is 21.8. The van der Waals surface area contributed by atoms with Gasteiger partial charge < -0.3 is 20.2 Å². The van der Waals surface area contributed by atoms with E-state index in [-0.39, 0.29) is 16.3 Å². The first-order valence-corrected chi connectivity index (χ1v) is 10.5. The van der Waals surface area contributed by atoms with Crippen LogP contribution in [0, 0.1) is 5.92 Å². The molecule has 0 spiro atoms. The zero-order valence-corrected chi connectivity index (χ0v) is 18.5. The summed E-state index contributed by atoms with van der Waals surface area (Å²) < 4.78 is 47.4. The van der Waals surface area contributed by atoms with Crippen LogP contribution in [0.2, 0.25) is 10.0 Å². The predicted molar refractivity (Wildman–Crippen MR) is 119 cm³/mol. The van der Waals surface area contributed by atoms with E-state index in [1.807, 2.05) is 0 Å². The third-order valence-electron chi connectivity index (χ3n) is 5.17. The molecule has 2 aromatic carbocycles. The summed E-state index contributed by atoms with van der Waals surface area (Å²) in [6.45, 7) is 0. The summed E-state index contributed by atoms with van der Waals surface area (Å²) >= 11 is 11.9. The number of amides is 2. The highest BCUT2D eigenvalue weighted by Crippen LogP contribution is 2.41. The summed E-state index contributed by atoms with van der Waals surface area (Å²) in [5.41, 5.74) is -3.90. The molecule has 176 valence electrons.